The van der Waals surface area contributed by atoms with Crippen LogP contribution in [-0.4, -0.2) is 16.1 Å². The predicted molar refractivity (Wildman–Crippen MR) is 91.1 cm³/mol. The summed E-state index contributed by atoms with van der Waals surface area (Å²) < 4.78 is 0. The molecule has 3 N–H and O–H groups in total. The first kappa shape index (κ1) is 14.9. The fraction of sp³-hybridized carbons (Fsp3) is 0.105. The van der Waals surface area contributed by atoms with Gasteiger partial charge in [-0.2, -0.15) is 0 Å². The van der Waals surface area contributed by atoms with Crippen LogP contribution < -0.4 is 5.32 Å². The van der Waals surface area contributed by atoms with Crippen LogP contribution in [0.15, 0.2) is 54.6 Å². The molecular weight excluding hydrogens is 290 g/mol. The van der Waals surface area contributed by atoms with Gasteiger partial charge in [0.2, 0.25) is 0 Å². The van der Waals surface area contributed by atoms with Gasteiger partial charge in [0.05, 0.1) is 5.56 Å². The molecule has 116 valence electrons. The lowest BCUT2D eigenvalue weighted by atomic mass is 10.0. The Balaban J connectivity index is 1.99. The predicted octanol–water partition coefficient (Wildman–Crippen LogP) is 4.07. The Morgan fingerprint density at radius 3 is 2.57 bits per heavy atom. The van der Waals surface area contributed by atoms with Crippen molar-refractivity contribution in [2.75, 3.05) is 5.32 Å². The molecule has 4 heteroatoms. The van der Waals surface area contributed by atoms with E-state index >= 15 is 0 Å². The molecule has 1 amide bonds. The fourth-order valence-corrected chi connectivity index (χ4v) is 2.62. The van der Waals surface area contributed by atoms with Crippen molar-refractivity contribution in [2.24, 2.45) is 0 Å². The Morgan fingerprint density at radius 1 is 1.00 bits per heavy atom. The molecule has 0 atom stereocenters. The topological polar surface area (TPSA) is 69.6 Å². The molecule has 0 saturated carbocycles. The summed E-state index contributed by atoms with van der Waals surface area (Å²) in [6.45, 7) is 2.02. The lowest BCUT2D eigenvalue weighted by molar-refractivity contribution is 0.102. The monoisotopic (exact) mass is 307 g/mol. The summed E-state index contributed by atoms with van der Waals surface area (Å²) in [4.78, 5) is 12.5. The van der Waals surface area contributed by atoms with Crippen molar-refractivity contribution in [2.45, 2.75) is 13.3 Å². The first-order valence-corrected chi connectivity index (χ1v) is 7.44. The molecule has 0 bridgehead atoms. The molecule has 23 heavy (non-hydrogen) atoms. The zero-order valence-electron chi connectivity index (χ0n) is 12.7. The van der Waals surface area contributed by atoms with Gasteiger partial charge in [-0.1, -0.05) is 37.3 Å². The molecule has 3 aromatic carbocycles. The zero-order valence-corrected chi connectivity index (χ0v) is 12.7. The normalized spacial score (nSPS) is 10.7. The van der Waals surface area contributed by atoms with E-state index in [1.54, 1.807) is 24.3 Å². The number of aryl methyl sites for hydroxylation is 1. The van der Waals surface area contributed by atoms with Crippen molar-refractivity contribution in [3.63, 3.8) is 0 Å². The second-order valence-corrected chi connectivity index (χ2v) is 5.33. The van der Waals surface area contributed by atoms with Crippen LogP contribution in [0.3, 0.4) is 0 Å². The van der Waals surface area contributed by atoms with Gasteiger partial charge in [-0.15, -0.1) is 0 Å². The van der Waals surface area contributed by atoms with Crippen LogP contribution >= 0.6 is 0 Å². The highest BCUT2D eigenvalue weighted by Crippen LogP contribution is 2.31. The minimum atomic E-state index is -0.381. The van der Waals surface area contributed by atoms with Crippen LogP contribution in [0.25, 0.3) is 10.8 Å². The van der Waals surface area contributed by atoms with Gasteiger partial charge in [-0.3, -0.25) is 4.79 Å². The number of carbonyl (C=O) groups is 1. The molecule has 0 radical (unpaired) electrons. The Morgan fingerprint density at radius 2 is 1.78 bits per heavy atom. The maximum absolute atomic E-state index is 12.5. The minimum absolute atomic E-state index is 0.0705. The third-order valence-corrected chi connectivity index (χ3v) is 3.86. The van der Waals surface area contributed by atoms with Crippen LogP contribution in [0.1, 0.15) is 22.8 Å². The lowest BCUT2D eigenvalue weighted by Crippen LogP contribution is -2.13. The van der Waals surface area contributed by atoms with E-state index in [0.717, 1.165) is 17.7 Å². The average Bonchev–Trinajstić information content (AvgIpc) is 2.55. The number of anilines is 1. The van der Waals surface area contributed by atoms with Crippen molar-refractivity contribution >= 4 is 22.4 Å². The number of phenols is 2. The molecular formula is C19H17NO3. The molecule has 3 aromatic rings. The molecule has 0 unspecified atom stereocenters. The van der Waals surface area contributed by atoms with E-state index < -0.39 is 0 Å². The van der Waals surface area contributed by atoms with E-state index in [1.807, 2.05) is 31.2 Å². The summed E-state index contributed by atoms with van der Waals surface area (Å²) in [5.74, 6) is -0.472. The number of nitrogens with one attached hydrogen (secondary N) is 1. The van der Waals surface area contributed by atoms with E-state index in [4.69, 9.17) is 0 Å². The standard InChI is InChI=1S/C19H17NO3/c1-2-12-6-3-4-8-16(12)20-19(23)15-10-13-7-5-9-17(21)14(13)11-18(15)22/h3-11,21-22H,2H2,1H3,(H,20,23). The number of fused-ring (bicyclic) bond motifs is 1. The van der Waals surface area contributed by atoms with Crippen LogP contribution in [-0.2, 0) is 6.42 Å². The third kappa shape index (κ3) is 2.83. The third-order valence-electron chi connectivity index (χ3n) is 3.86. The number of carbonyl (C=O) groups excluding carboxylic acids is 1. The van der Waals surface area contributed by atoms with Crippen LogP contribution in [0.2, 0.25) is 0 Å². The maximum atomic E-state index is 12.5. The quantitative estimate of drug-likeness (QED) is 0.683. The van der Waals surface area contributed by atoms with Crippen molar-refractivity contribution in [1.29, 1.82) is 0 Å². The largest absolute Gasteiger partial charge is 0.507 e. The van der Waals surface area contributed by atoms with Gasteiger partial charge >= 0.3 is 0 Å². The maximum Gasteiger partial charge on any atom is 0.259 e. The number of aromatic hydroxyl groups is 2. The number of benzene rings is 3. The highest BCUT2D eigenvalue weighted by Gasteiger charge is 2.15. The van der Waals surface area contributed by atoms with Gasteiger partial charge in [0.15, 0.2) is 0 Å². The molecule has 0 aliphatic rings. The number of hydrogen-bond acceptors (Lipinski definition) is 3. The highest BCUT2D eigenvalue weighted by molar-refractivity contribution is 6.09. The van der Waals surface area contributed by atoms with Gasteiger partial charge in [0.25, 0.3) is 5.91 Å². The number of hydrogen-bond donors (Lipinski definition) is 3. The number of rotatable bonds is 3. The summed E-state index contributed by atoms with van der Waals surface area (Å²) in [5, 5.41) is 24.0. The van der Waals surface area contributed by atoms with Gasteiger partial charge in [-0.25, -0.2) is 0 Å². The van der Waals surface area contributed by atoms with Crippen molar-refractivity contribution < 1.29 is 15.0 Å². The average molecular weight is 307 g/mol. The lowest BCUT2D eigenvalue weighted by Gasteiger charge is -2.11. The van der Waals surface area contributed by atoms with Gasteiger partial charge in [0.1, 0.15) is 11.5 Å². The van der Waals surface area contributed by atoms with Crippen LogP contribution in [0.5, 0.6) is 11.5 Å². The first-order chi connectivity index (χ1) is 11.1. The van der Waals surface area contributed by atoms with E-state index in [0.29, 0.717) is 10.8 Å². The zero-order chi connectivity index (χ0) is 16.4. The molecule has 3 rings (SSSR count). The molecule has 0 fully saturated rings. The van der Waals surface area contributed by atoms with Crippen LogP contribution in [0, 0.1) is 0 Å². The van der Waals surface area contributed by atoms with E-state index in [9.17, 15) is 15.0 Å². The Hall–Kier alpha value is -3.01. The SMILES string of the molecule is CCc1ccccc1NC(=O)c1cc2cccc(O)c2cc1O. The Kier molecular flexibility index (Phi) is 3.89. The molecule has 0 spiro atoms. The van der Waals surface area contributed by atoms with Crippen molar-refractivity contribution in [3.8, 4) is 11.5 Å². The van der Waals surface area contributed by atoms with Gasteiger partial charge in [0, 0.05) is 11.1 Å². The molecule has 0 aliphatic carbocycles. The van der Waals surface area contributed by atoms with E-state index in [2.05, 4.69) is 5.32 Å². The summed E-state index contributed by atoms with van der Waals surface area (Å²) in [5.41, 5.74) is 1.93. The van der Waals surface area contributed by atoms with E-state index in [1.165, 1.54) is 6.07 Å². The van der Waals surface area contributed by atoms with Gasteiger partial charge < -0.3 is 15.5 Å². The summed E-state index contributed by atoms with van der Waals surface area (Å²) >= 11 is 0. The van der Waals surface area contributed by atoms with E-state index in [-0.39, 0.29) is 23.0 Å². The number of para-hydroxylation sites is 1. The highest BCUT2D eigenvalue weighted by atomic mass is 16.3. The Labute approximate surface area is 134 Å². The molecule has 4 nitrogen and oxygen atoms in total. The first-order valence-electron chi connectivity index (χ1n) is 7.44. The summed E-state index contributed by atoms with van der Waals surface area (Å²) in [7, 11) is 0. The van der Waals surface area contributed by atoms with Gasteiger partial charge in [-0.05, 0) is 41.6 Å². The second kappa shape index (κ2) is 6.01. The molecule has 0 heterocycles. The number of amides is 1. The van der Waals surface area contributed by atoms with Crippen LogP contribution in [0.4, 0.5) is 5.69 Å². The Bertz CT molecular complexity index is 887. The summed E-state index contributed by atoms with van der Waals surface area (Å²) in [6.07, 6.45) is 0.800. The smallest absolute Gasteiger partial charge is 0.259 e. The molecule has 0 aliphatic heterocycles. The number of phenolic OH excluding ortho intramolecular Hbond substituents is 2. The molecule has 0 aromatic heterocycles. The fourth-order valence-electron chi connectivity index (χ4n) is 2.62. The minimum Gasteiger partial charge on any atom is -0.507 e. The second-order valence-electron chi connectivity index (χ2n) is 5.33. The van der Waals surface area contributed by atoms with Crippen molar-refractivity contribution in [1.82, 2.24) is 0 Å². The summed E-state index contributed by atoms with van der Waals surface area (Å²) in [6, 6.07) is 15.6. The van der Waals surface area contributed by atoms with Crippen molar-refractivity contribution in [3.05, 3.63) is 65.7 Å². The molecule has 0 saturated heterocycles.